The lowest BCUT2D eigenvalue weighted by molar-refractivity contribution is -0.140. The van der Waals surface area contributed by atoms with Crippen LogP contribution in [0.25, 0.3) is 0 Å². The van der Waals surface area contributed by atoms with Crippen LogP contribution in [0.1, 0.15) is 34.1 Å². The van der Waals surface area contributed by atoms with Gasteiger partial charge in [0.25, 0.3) is 5.91 Å². The largest absolute Gasteiger partial charge is 0.443 e. The highest BCUT2D eigenvalue weighted by Gasteiger charge is 2.45. The van der Waals surface area contributed by atoms with Crippen molar-refractivity contribution < 1.29 is 19.4 Å². The van der Waals surface area contributed by atoms with Crippen LogP contribution in [-0.2, 0) is 9.53 Å². The van der Waals surface area contributed by atoms with E-state index >= 15 is 0 Å². The molecule has 1 fully saturated rings. The Bertz CT molecular complexity index is 290. The molecule has 1 saturated heterocycles. The molecular formula is C10H17NO4. The lowest BCUT2D eigenvalue weighted by Gasteiger charge is -2.23. The van der Waals surface area contributed by atoms with E-state index in [4.69, 9.17) is 4.74 Å². The van der Waals surface area contributed by atoms with E-state index < -0.39 is 23.2 Å². The fourth-order valence-electron chi connectivity index (χ4n) is 1.32. The fraction of sp³-hybridized carbons (Fsp3) is 0.800. The maximum absolute atomic E-state index is 11.5. The third-order valence-electron chi connectivity index (χ3n) is 2.14. The van der Waals surface area contributed by atoms with Crippen LogP contribution in [0.2, 0.25) is 0 Å². The third-order valence-corrected chi connectivity index (χ3v) is 2.14. The quantitative estimate of drug-likeness (QED) is 0.652. The van der Waals surface area contributed by atoms with E-state index in [1.807, 2.05) is 0 Å². The fourth-order valence-corrected chi connectivity index (χ4v) is 1.32. The monoisotopic (exact) mass is 215 g/mol. The van der Waals surface area contributed by atoms with E-state index in [9.17, 15) is 14.7 Å². The van der Waals surface area contributed by atoms with Crippen molar-refractivity contribution in [2.75, 3.05) is 6.54 Å². The van der Waals surface area contributed by atoms with E-state index in [0.717, 1.165) is 4.90 Å². The molecule has 1 N–H and O–H groups in total. The van der Waals surface area contributed by atoms with Gasteiger partial charge in [-0.05, 0) is 27.7 Å². The number of ether oxygens (including phenoxy) is 1. The molecule has 0 aromatic carbocycles. The summed E-state index contributed by atoms with van der Waals surface area (Å²) in [6.07, 6.45) is -0.435. The first-order chi connectivity index (χ1) is 6.63. The number of rotatable bonds is 0. The van der Waals surface area contributed by atoms with E-state index in [2.05, 4.69) is 0 Å². The maximum Gasteiger partial charge on any atom is 0.417 e. The molecule has 1 atom stereocenters. The first-order valence-corrected chi connectivity index (χ1v) is 4.91. The summed E-state index contributed by atoms with van der Waals surface area (Å²) in [5.41, 5.74) is -2.07. The molecule has 15 heavy (non-hydrogen) atoms. The number of carbonyl (C=O) groups is 2. The summed E-state index contributed by atoms with van der Waals surface area (Å²) >= 11 is 0. The van der Waals surface area contributed by atoms with Gasteiger partial charge < -0.3 is 9.84 Å². The second-order valence-corrected chi connectivity index (χ2v) is 4.96. The standard InChI is InChI=1S/C10H17NO4/c1-9(2,3)15-8(13)11-6-5-10(4,14)7(11)12/h14H,5-6H2,1-4H3. The highest BCUT2D eigenvalue weighted by Crippen LogP contribution is 2.23. The third kappa shape index (κ3) is 2.68. The number of hydrogen-bond donors (Lipinski definition) is 1. The van der Waals surface area contributed by atoms with Crippen molar-refractivity contribution >= 4 is 12.0 Å². The van der Waals surface area contributed by atoms with Crippen molar-refractivity contribution in [1.82, 2.24) is 4.90 Å². The van der Waals surface area contributed by atoms with Gasteiger partial charge in [-0.15, -0.1) is 0 Å². The SMILES string of the molecule is CC(C)(C)OC(=O)N1CCC(C)(O)C1=O. The molecule has 1 heterocycles. The summed E-state index contributed by atoms with van der Waals surface area (Å²) in [4.78, 5) is 24.0. The molecule has 1 aliphatic heterocycles. The molecule has 0 spiro atoms. The number of amides is 2. The number of imide groups is 1. The number of carbonyl (C=O) groups excluding carboxylic acids is 2. The van der Waals surface area contributed by atoms with Gasteiger partial charge in [0.1, 0.15) is 11.2 Å². The Morgan fingerprint density at radius 2 is 2.07 bits per heavy atom. The lowest BCUT2D eigenvalue weighted by Crippen LogP contribution is -2.42. The molecule has 1 unspecified atom stereocenters. The lowest BCUT2D eigenvalue weighted by atomic mass is 10.1. The van der Waals surface area contributed by atoms with E-state index in [0.29, 0.717) is 0 Å². The Hall–Kier alpha value is -1.10. The number of aliphatic hydroxyl groups is 1. The van der Waals surface area contributed by atoms with Crippen molar-refractivity contribution in [2.45, 2.75) is 45.3 Å². The average Bonchev–Trinajstić information content (AvgIpc) is 2.24. The second-order valence-electron chi connectivity index (χ2n) is 4.96. The molecule has 0 aromatic heterocycles. The normalized spacial score (nSPS) is 27.0. The first kappa shape index (κ1) is 12.0. The van der Waals surface area contributed by atoms with Gasteiger partial charge in [0, 0.05) is 13.0 Å². The minimum absolute atomic E-state index is 0.209. The van der Waals surface area contributed by atoms with Crippen LogP contribution < -0.4 is 0 Å². The Morgan fingerprint density at radius 3 is 2.40 bits per heavy atom. The van der Waals surface area contributed by atoms with Crippen LogP contribution in [-0.4, -0.2) is 39.8 Å². The minimum atomic E-state index is -1.43. The summed E-state index contributed by atoms with van der Waals surface area (Å²) in [7, 11) is 0. The van der Waals surface area contributed by atoms with Gasteiger partial charge in [0.2, 0.25) is 0 Å². The summed E-state index contributed by atoms with van der Waals surface area (Å²) in [5, 5.41) is 9.58. The van der Waals surface area contributed by atoms with Crippen LogP contribution in [0.3, 0.4) is 0 Å². The van der Waals surface area contributed by atoms with Crippen molar-refractivity contribution in [3.05, 3.63) is 0 Å². The number of nitrogens with zero attached hydrogens (tertiary/aromatic N) is 1. The van der Waals surface area contributed by atoms with Gasteiger partial charge in [0.05, 0.1) is 0 Å². The summed E-state index contributed by atoms with van der Waals surface area (Å²) in [6.45, 7) is 6.79. The minimum Gasteiger partial charge on any atom is -0.443 e. The predicted octanol–water partition coefficient (Wildman–Crippen LogP) is 0.905. The van der Waals surface area contributed by atoms with Crippen LogP contribution in [0.15, 0.2) is 0 Å². The molecule has 0 radical (unpaired) electrons. The van der Waals surface area contributed by atoms with E-state index in [-0.39, 0.29) is 13.0 Å². The Kier molecular flexibility index (Phi) is 2.78. The Morgan fingerprint density at radius 1 is 1.53 bits per heavy atom. The van der Waals surface area contributed by atoms with Gasteiger partial charge in [-0.1, -0.05) is 0 Å². The first-order valence-electron chi connectivity index (χ1n) is 4.91. The summed E-state index contributed by atoms with van der Waals surface area (Å²) < 4.78 is 5.04. The molecular weight excluding hydrogens is 198 g/mol. The smallest absolute Gasteiger partial charge is 0.417 e. The van der Waals surface area contributed by atoms with E-state index in [1.165, 1.54) is 6.92 Å². The van der Waals surface area contributed by atoms with Crippen LogP contribution >= 0.6 is 0 Å². The van der Waals surface area contributed by atoms with Crippen molar-refractivity contribution in [2.24, 2.45) is 0 Å². The molecule has 2 amide bonds. The van der Waals surface area contributed by atoms with Gasteiger partial charge in [0.15, 0.2) is 0 Å². The predicted molar refractivity (Wildman–Crippen MR) is 53.2 cm³/mol. The molecule has 0 bridgehead atoms. The molecule has 86 valence electrons. The van der Waals surface area contributed by atoms with Crippen molar-refractivity contribution in [3.8, 4) is 0 Å². The average molecular weight is 215 g/mol. The molecule has 5 heteroatoms. The molecule has 0 aromatic rings. The van der Waals surface area contributed by atoms with Gasteiger partial charge >= 0.3 is 6.09 Å². The van der Waals surface area contributed by atoms with Crippen molar-refractivity contribution in [1.29, 1.82) is 0 Å². The van der Waals surface area contributed by atoms with Crippen LogP contribution in [0.4, 0.5) is 4.79 Å². The topological polar surface area (TPSA) is 66.8 Å². The molecule has 0 aliphatic carbocycles. The zero-order valence-electron chi connectivity index (χ0n) is 9.53. The van der Waals surface area contributed by atoms with Gasteiger partial charge in [-0.2, -0.15) is 0 Å². The Labute approximate surface area is 89.0 Å². The maximum atomic E-state index is 11.5. The van der Waals surface area contributed by atoms with Crippen LogP contribution in [0.5, 0.6) is 0 Å². The van der Waals surface area contributed by atoms with E-state index in [1.54, 1.807) is 20.8 Å². The second kappa shape index (κ2) is 3.48. The summed E-state index contributed by atoms with van der Waals surface area (Å²) in [6, 6.07) is 0. The summed E-state index contributed by atoms with van der Waals surface area (Å²) in [5.74, 6) is -0.586. The molecule has 1 rings (SSSR count). The van der Waals surface area contributed by atoms with Crippen LogP contribution in [0, 0.1) is 0 Å². The molecule has 0 saturated carbocycles. The zero-order valence-corrected chi connectivity index (χ0v) is 9.53. The molecule has 5 nitrogen and oxygen atoms in total. The Balaban J connectivity index is 2.68. The van der Waals surface area contributed by atoms with Crippen molar-refractivity contribution in [3.63, 3.8) is 0 Å². The highest BCUT2D eigenvalue weighted by atomic mass is 16.6. The van der Waals surface area contributed by atoms with Gasteiger partial charge in [-0.25, -0.2) is 9.69 Å². The number of hydrogen-bond acceptors (Lipinski definition) is 4. The molecule has 1 aliphatic rings. The highest BCUT2D eigenvalue weighted by molar-refractivity contribution is 5.98. The zero-order chi connectivity index (χ0) is 11.9. The number of likely N-dealkylation sites (tertiary alicyclic amines) is 1. The van der Waals surface area contributed by atoms with Gasteiger partial charge in [-0.3, -0.25) is 4.79 Å².